The molecule has 36 heavy (non-hydrogen) atoms. The summed E-state index contributed by atoms with van der Waals surface area (Å²) < 4.78 is 0. The molecule has 4 aliphatic heterocycles. The average molecular weight is 471 g/mol. The number of aliphatic imine (C=N–C) groups is 4. The van der Waals surface area contributed by atoms with Crippen molar-refractivity contribution in [2.45, 2.75) is 26.2 Å². The van der Waals surface area contributed by atoms with Crippen LogP contribution in [0.1, 0.15) is 45.0 Å². The van der Waals surface area contributed by atoms with E-state index in [0.29, 0.717) is 26.2 Å². The van der Waals surface area contributed by atoms with Crippen molar-refractivity contribution >= 4 is 24.9 Å². The fraction of sp³-hybridized carbons (Fsp3) is 0.133. The Hall–Kier alpha value is -4.58. The summed E-state index contributed by atoms with van der Waals surface area (Å²) in [5.74, 6) is 0. The van der Waals surface area contributed by atoms with Crippen molar-refractivity contribution in [3.63, 3.8) is 0 Å². The third-order valence-corrected chi connectivity index (χ3v) is 5.62. The minimum absolute atomic E-state index is 0.595. The largest absolute Gasteiger partial charge is 0.286 e. The number of nitrogens with zero attached hydrogens (tertiary/aromatic N) is 6. The van der Waals surface area contributed by atoms with E-state index >= 15 is 0 Å². The highest BCUT2D eigenvalue weighted by Crippen LogP contribution is 2.09. The fourth-order valence-electron chi connectivity index (χ4n) is 3.70. The van der Waals surface area contributed by atoms with Gasteiger partial charge in [0.2, 0.25) is 0 Å². The Morgan fingerprint density at radius 1 is 0.333 bits per heavy atom. The number of hydrogen-bond acceptors (Lipinski definition) is 6. The summed E-state index contributed by atoms with van der Waals surface area (Å²) in [6.45, 7) is 2.38. The lowest BCUT2D eigenvalue weighted by atomic mass is 10.1. The molecule has 6 nitrogen and oxygen atoms in total. The SMILES string of the molecule is C1=NCc2ccc(cc2)CN=Cc2cccc(n2)C=NCc2ccc(cc2)CN=Cc2cccc1n2. The van der Waals surface area contributed by atoms with Crippen LogP contribution in [0.25, 0.3) is 0 Å². The molecule has 0 saturated carbocycles. The quantitative estimate of drug-likeness (QED) is 0.351. The first kappa shape index (κ1) is 23.2. The van der Waals surface area contributed by atoms with Crippen LogP contribution in [-0.4, -0.2) is 34.8 Å². The second-order valence-corrected chi connectivity index (χ2v) is 8.49. The molecule has 0 aliphatic carbocycles. The van der Waals surface area contributed by atoms with Gasteiger partial charge in [-0.15, -0.1) is 0 Å². The van der Waals surface area contributed by atoms with E-state index in [1.54, 1.807) is 0 Å². The van der Waals surface area contributed by atoms with Crippen LogP contribution in [0.4, 0.5) is 0 Å². The van der Waals surface area contributed by atoms with Gasteiger partial charge in [0.25, 0.3) is 0 Å². The number of benzene rings is 2. The molecule has 0 atom stereocenters. The second kappa shape index (κ2) is 11.7. The van der Waals surface area contributed by atoms with E-state index < -0.39 is 0 Å². The topological polar surface area (TPSA) is 75.2 Å². The minimum atomic E-state index is 0.595. The molecule has 0 N–H and O–H groups in total. The van der Waals surface area contributed by atoms with Gasteiger partial charge >= 0.3 is 0 Å². The van der Waals surface area contributed by atoms with E-state index in [2.05, 4.69) is 78.5 Å². The molecular weight excluding hydrogens is 444 g/mol. The van der Waals surface area contributed by atoms with Gasteiger partial charge in [0, 0.05) is 24.9 Å². The first-order valence-corrected chi connectivity index (χ1v) is 11.9. The van der Waals surface area contributed by atoms with Gasteiger partial charge in [-0.2, -0.15) is 0 Å². The Morgan fingerprint density at radius 3 is 0.833 bits per heavy atom. The van der Waals surface area contributed by atoms with Crippen LogP contribution in [0.15, 0.2) is 105 Å². The zero-order chi connectivity index (χ0) is 24.4. The van der Waals surface area contributed by atoms with Crippen molar-refractivity contribution in [1.29, 1.82) is 0 Å². The van der Waals surface area contributed by atoms with Crippen LogP contribution in [0, 0.1) is 0 Å². The van der Waals surface area contributed by atoms with Crippen LogP contribution < -0.4 is 0 Å². The van der Waals surface area contributed by atoms with Gasteiger partial charge in [0.1, 0.15) is 0 Å². The second-order valence-electron chi connectivity index (χ2n) is 8.49. The molecule has 0 amide bonds. The number of rotatable bonds is 0. The molecular formula is C30H26N6. The first-order chi connectivity index (χ1) is 17.8. The number of aromatic nitrogens is 2. The van der Waals surface area contributed by atoms with E-state index in [1.807, 2.05) is 61.3 Å². The summed E-state index contributed by atoms with van der Waals surface area (Å²) in [4.78, 5) is 27.5. The maximum absolute atomic E-state index is 4.62. The minimum Gasteiger partial charge on any atom is -0.286 e. The molecule has 2 aromatic heterocycles. The van der Waals surface area contributed by atoms with Gasteiger partial charge in [-0.1, -0.05) is 60.7 Å². The van der Waals surface area contributed by atoms with Crippen molar-refractivity contribution in [1.82, 2.24) is 9.97 Å². The fourth-order valence-corrected chi connectivity index (χ4v) is 3.70. The molecule has 6 heterocycles. The predicted molar refractivity (Wildman–Crippen MR) is 147 cm³/mol. The average Bonchev–Trinajstić information content (AvgIpc) is 2.91. The van der Waals surface area contributed by atoms with Gasteiger partial charge in [-0.25, -0.2) is 9.97 Å². The Labute approximate surface area is 211 Å². The maximum atomic E-state index is 4.62. The molecule has 0 spiro atoms. The predicted octanol–water partition coefficient (Wildman–Crippen LogP) is 5.27. The third-order valence-electron chi connectivity index (χ3n) is 5.62. The highest BCUT2D eigenvalue weighted by atomic mass is 14.8. The summed E-state index contributed by atoms with van der Waals surface area (Å²) in [5.41, 5.74) is 7.80. The lowest BCUT2D eigenvalue weighted by molar-refractivity contribution is 1.04. The van der Waals surface area contributed by atoms with Crippen LogP contribution in [0.2, 0.25) is 0 Å². The van der Waals surface area contributed by atoms with Crippen LogP contribution in [0.5, 0.6) is 0 Å². The maximum Gasteiger partial charge on any atom is 0.0815 e. The van der Waals surface area contributed by atoms with Crippen LogP contribution in [-0.2, 0) is 26.2 Å². The Balaban J connectivity index is 1.38. The molecule has 176 valence electrons. The monoisotopic (exact) mass is 470 g/mol. The molecule has 0 unspecified atom stereocenters. The van der Waals surface area contributed by atoms with Crippen molar-refractivity contribution in [2.24, 2.45) is 20.0 Å². The van der Waals surface area contributed by atoms with Crippen LogP contribution >= 0.6 is 0 Å². The van der Waals surface area contributed by atoms with Gasteiger partial charge in [-0.3, -0.25) is 20.0 Å². The van der Waals surface area contributed by atoms with Crippen molar-refractivity contribution in [3.8, 4) is 0 Å². The molecule has 0 radical (unpaired) electrons. The Kier molecular flexibility index (Phi) is 7.54. The van der Waals surface area contributed by atoms with Gasteiger partial charge in [-0.05, 0) is 46.5 Å². The van der Waals surface area contributed by atoms with E-state index in [1.165, 1.54) is 0 Å². The molecule has 0 fully saturated rings. The molecule has 2 aromatic carbocycles. The zero-order valence-corrected chi connectivity index (χ0v) is 19.9. The van der Waals surface area contributed by atoms with Crippen molar-refractivity contribution in [2.75, 3.05) is 0 Å². The summed E-state index contributed by atoms with van der Waals surface area (Å²) in [5, 5.41) is 0. The van der Waals surface area contributed by atoms with E-state index in [4.69, 9.17) is 0 Å². The lowest BCUT2D eigenvalue weighted by Crippen LogP contribution is -1.95. The molecule has 8 bridgehead atoms. The smallest absolute Gasteiger partial charge is 0.0815 e. The molecule has 4 aromatic rings. The zero-order valence-electron chi connectivity index (χ0n) is 19.9. The normalized spacial score (nSPS) is 13.8. The van der Waals surface area contributed by atoms with Gasteiger partial charge in [0.05, 0.1) is 49.0 Å². The lowest BCUT2D eigenvalue weighted by Gasteiger charge is -2.02. The van der Waals surface area contributed by atoms with Crippen molar-refractivity contribution < 1.29 is 0 Å². The molecule has 8 rings (SSSR count). The van der Waals surface area contributed by atoms with E-state index in [-0.39, 0.29) is 0 Å². The van der Waals surface area contributed by atoms with Gasteiger partial charge in [0.15, 0.2) is 0 Å². The first-order valence-electron chi connectivity index (χ1n) is 11.9. The highest BCUT2D eigenvalue weighted by molar-refractivity contribution is 5.82. The third kappa shape index (κ3) is 6.73. The highest BCUT2D eigenvalue weighted by Gasteiger charge is 1.98. The standard InChI is InChI=1S/C30H26N6/c1-3-27-19-31-15-23-7-11-25(12-8-23)17-33-21-29-5-2-6-30(36-29)22-34-18-26-13-9-24(10-14-26)16-32-20-28(4-1)35-27/h1-14,19-22H,15-18H2. The summed E-state index contributed by atoms with van der Waals surface area (Å²) in [7, 11) is 0. The number of hydrogen-bond donors (Lipinski definition) is 0. The molecule has 4 aliphatic rings. The molecule has 0 saturated heterocycles. The summed E-state index contributed by atoms with van der Waals surface area (Å²) in [6, 6.07) is 28.4. The molecule has 6 heteroatoms. The summed E-state index contributed by atoms with van der Waals surface area (Å²) in [6.07, 6.45) is 7.23. The van der Waals surface area contributed by atoms with Gasteiger partial charge < -0.3 is 0 Å². The van der Waals surface area contributed by atoms with Crippen LogP contribution in [0.3, 0.4) is 0 Å². The number of pyridine rings is 2. The Bertz CT molecular complexity index is 1210. The Morgan fingerprint density at radius 2 is 0.583 bits per heavy atom. The van der Waals surface area contributed by atoms with E-state index in [9.17, 15) is 0 Å². The summed E-state index contributed by atoms with van der Waals surface area (Å²) >= 11 is 0. The van der Waals surface area contributed by atoms with Crippen molar-refractivity contribution in [3.05, 3.63) is 130 Å². The van der Waals surface area contributed by atoms with E-state index in [0.717, 1.165) is 45.0 Å².